The van der Waals surface area contributed by atoms with Crippen LogP contribution in [0.3, 0.4) is 0 Å². The quantitative estimate of drug-likeness (QED) is 0.747. The van der Waals surface area contributed by atoms with Crippen LogP contribution in [-0.4, -0.2) is 52.6 Å². The number of likely N-dealkylation sites (N-methyl/N-ethyl adjacent to an activating group) is 1. The highest BCUT2D eigenvalue weighted by Crippen LogP contribution is 2.24. The van der Waals surface area contributed by atoms with Gasteiger partial charge in [-0.15, -0.1) is 0 Å². The molecule has 0 bridgehead atoms. The van der Waals surface area contributed by atoms with Crippen LogP contribution in [0.1, 0.15) is 12.0 Å². The molecule has 1 fully saturated rings. The Bertz CT molecular complexity index is 898. The van der Waals surface area contributed by atoms with Gasteiger partial charge in [-0.25, -0.2) is 8.42 Å². The van der Waals surface area contributed by atoms with E-state index in [0.717, 1.165) is 21.9 Å². The number of hydrogen-bond acceptors (Lipinski definition) is 4. The predicted octanol–water partition coefficient (Wildman–Crippen LogP) is 0.930. The van der Waals surface area contributed by atoms with E-state index in [1.807, 2.05) is 61.6 Å². The molecule has 1 saturated heterocycles. The number of carbonyl (C=O) groups is 1. The Hall–Kier alpha value is -2.38. The molecule has 7 heteroatoms. The second kappa shape index (κ2) is 8.75. The van der Waals surface area contributed by atoms with E-state index in [-0.39, 0.29) is 30.0 Å². The molecule has 1 N–H and O–H groups in total. The van der Waals surface area contributed by atoms with Gasteiger partial charge in [-0.3, -0.25) is 4.79 Å². The highest BCUT2D eigenvalue weighted by molar-refractivity contribution is 7.91. The molecule has 150 valence electrons. The van der Waals surface area contributed by atoms with Crippen LogP contribution >= 0.6 is 0 Å². The molecule has 2 aromatic rings. The van der Waals surface area contributed by atoms with Gasteiger partial charge in [0.1, 0.15) is 12.3 Å². The summed E-state index contributed by atoms with van der Waals surface area (Å²) in [7, 11) is 0.522. The monoisotopic (exact) mass is 403 g/mol. The van der Waals surface area contributed by atoms with Crippen molar-refractivity contribution in [3.05, 3.63) is 60.2 Å². The van der Waals surface area contributed by atoms with E-state index in [1.165, 1.54) is 0 Å². The fourth-order valence-corrected chi connectivity index (χ4v) is 5.32. The van der Waals surface area contributed by atoms with Gasteiger partial charge in [0, 0.05) is 11.3 Å². The first-order chi connectivity index (χ1) is 13.4. The summed E-state index contributed by atoms with van der Waals surface area (Å²) in [6.07, 6.45) is 0.487. The molecule has 1 aliphatic rings. The van der Waals surface area contributed by atoms with Gasteiger partial charge in [0.15, 0.2) is 16.4 Å². The molecule has 0 aliphatic carbocycles. The summed E-state index contributed by atoms with van der Waals surface area (Å²) in [5.74, 6) is 0.919. The number of sulfone groups is 1. The topological polar surface area (TPSA) is 68.1 Å². The van der Waals surface area contributed by atoms with Crippen LogP contribution in [0.2, 0.25) is 0 Å². The third-order valence-corrected chi connectivity index (χ3v) is 6.74. The number of anilines is 1. The van der Waals surface area contributed by atoms with Crippen molar-refractivity contribution < 1.29 is 22.8 Å². The van der Waals surface area contributed by atoms with Gasteiger partial charge in [-0.05, 0) is 42.8 Å². The number of para-hydroxylation sites is 1. The molecule has 2 atom stereocenters. The fourth-order valence-electron chi connectivity index (χ4n) is 3.62. The number of benzene rings is 2. The molecule has 28 heavy (non-hydrogen) atoms. The second-order valence-electron chi connectivity index (χ2n) is 7.31. The van der Waals surface area contributed by atoms with Crippen LogP contribution in [0.15, 0.2) is 54.6 Å². The Morgan fingerprint density at radius 1 is 1.14 bits per heavy atom. The molecule has 0 saturated carbocycles. The van der Waals surface area contributed by atoms with Crippen molar-refractivity contribution in [1.29, 1.82) is 0 Å². The Morgan fingerprint density at radius 2 is 1.82 bits per heavy atom. The van der Waals surface area contributed by atoms with E-state index in [0.29, 0.717) is 13.0 Å². The first kappa shape index (κ1) is 20.4. The van der Waals surface area contributed by atoms with E-state index in [1.54, 1.807) is 12.0 Å². The minimum Gasteiger partial charge on any atom is -0.497 e. The normalized spacial score (nSPS) is 19.1. The van der Waals surface area contributed by atoms with Crippen LogP contribution in [0, 0.1) is 0 Å². The molecule has 0 spiro atoms. The lowest BCUT2D eigenvalue weighted by atomic mass is 10.1. The number of carbonyl (C=O) groups excluding carboxylic acids is 1. The Labute approximate surface area is 166 Å². The van der Waals surface area contributed by atoms with Gasteiger partial charge < -0.3 is 14.5 Å². The zero-order valence-electron chi connectivity index (χ0n) is 16.3. The summed E-state index contributed by atoms with van der Waals surface area (Å²) in [4.78, 5) is 15.9. The molecule has 1 heterocycles. The van der Waals surface area contributed by atoms with Crippen LogP contribution in [0.25, 0.3) is 0 Å². The third kappa shape index (κ3) is 5.11. The number of nitrogens with one attached hydrogen (secondary N) is 1. The summed E-state index contributed by atoms with van der Waals surface area (Å²) in [6, 6.07) is 16.8. The van der Waals surface area contributed by atoms with Gasteiger partial charge in [-0.1, -0.05) is 18.2 Å². The number of hydrogen-bond donors (Lipinski definition) is 1. The molecule has 0 aromatic heterocycles. The highest BCUT2D eigenvalue weighted by Gasteiger charge is 2.36. The zero-order chi connectivity index (χ0) is 20.1. The maximum atomic E-state index is 13.1. The van der Waals surface area contributed by atoms with Crippen LogP contribution in [-0.2, 0) is 21.2 Å². The van der Waals surface area contributed by atoms with Crippen molar-refractivity contribution >= 4 is 21.4 Å². The molecule has 1 aliphatic heterocycles. The average molecular weight is 404 g/mol. The van der Waals surface area contributed by atoms with Crippen molar-refractivity contribution in [3.63, 3.8) is 0 Å². The van der Waals surface area contributed by atoms with Gasteiger partial charge in [0.05, 0.1) is 31.7 Å². The number of nitrogens with zero attached hydrogens (tertiary/aromatic N) is 1. The highest BCUT2D eigenvalue weighted by atomic mass is 32.2. The van der Waals surface area contributed by atoms with Crippen LogP contribution in [0.4, 0.5) is 5.69 Å². The first-order valence-corrected chi connectivity index (χ1v) is 11.2. The fraction of sp³-hybridized carbons (Fsp3) is 0.381. The standard InChI is InChI=1S/C21H26N2O4S/c1-22(14-17-8-10-20(27-2)11-9-17)15-21(24)23(18-6-4-3-5-7-18)19-12-13-28(25,26)16-19/h3-11,19H,12-16H2,1-2H3/p+1/t19-/m0/s1. The zero-order valence-corrected chi connectivity index (χ0v) is 17.1. The van der Waals surface area contributed by atoms with Crippen molar-refractivity contribution in [2.45, 2.75) is 19.0 Å². The van der Waals surface area contributed by atoms with Crippen molar-refractivity contribution in [2.75, 3.05) is 37.1 Å². The predicted molar refractivity (Wildman–Crippen MR) is 109 cm³/mol. The lowest BCUT2D eigenvalue weighted by Crippen LogP contribution is -3.09. The number of rotatable bonds is 7. The molecule has 1 unspecified atom stereocenters. The minimum atomic E-state index is -3.08. The molecule has 3 rings (SSSR count). The van der Waals surface area contributed by atoms with Gasteiger partial charge in [0.2, 0.25) is 0 Å². The SMILES string of the molecule is COc1ccc(C[NH+](C)CC(=O)N(c2ccccc2)[C@H]2CCS(=O)(=O)C2)cc1. The van der Waals surface area contributed by atoms with Crippen molar-refractivity contribution in [3.8, 4) is 5.75 Å². The maximum Gasteiger partial charge on any atom is 0.282 e. The van der Waals surface area contributed by atoms with Gasteiger partial charge in [-0.2, -0.15) is 0 Å². The lowest BCUT2D eigenvalue weighted by molar-refractivity contribution is -0.885. The Morgan fingerprint density at radius 3 is 2.39 bits per heavy atom. The smallest absolute Gasteiger partial charge is 0.282 e. The minimum absolute atomic E-state index is 0.0329. The molecular weight excluding hydrogens is 376 g/mol. The lowest BCUT2D eigenvalue weighted by Gasteiger charge is -2.29. The Kier molecular flexibility index (Phi) is 6.36. The number of methoxy groups -OCH3 is 1. The maximum absolute atomic E-state index is 13.1. The molecule has 2 aromatic carbocycles. The van der Waals surface area contributed by atoms with E-state index < -0.39 is 9.84 Å². The van der Waals surface area contributed by atoms with E-state index in [9.17, 15) is 13.2 Å². The molecule has 6 nitrogen and oxygen atoms in total. The Balaban J connectivity index is 1.71. The first-order valence-electron chi connectivity index (χ1n) is 9.40. The summed E-state index contributed by atoms with van der Waals surface area (Å²) in [5.41, 5.74) is 1.87. The number of ether oxygens (including phenoxy) is 1. The summed E-state index contributed by atoms with van der Waals surface area (Å²) in [5, 5.41) is 0. The summed E-state index contributed by atoms with van der Waals surface area (Å²) in [6.45, 7) is 0.985. The molecule has 0 radical (unpaired) electrons. The number of quaternary nitrogens is 1. The average Bonchev–Trinajstić information content (AvgIpc) is 3.02. The van der Waals surface area contributed by atoms with E-state index in [2.05, 4.69) is 0 Å². The second-order valence-corrected chi connectivity index (χ2v) is 9.54. The summed E-state index contributed by atoms with van der Waals surface area (Å²) < 4.78 is 29.1. The largest absolute Gasteiger partial charge is 0.497 e. The van der Waals surface area contributed by atoms with Crippen molar-refractivity contribution in [1.82, 2.24) is 0 Å². The van der Waals surface area contributed by atoms with Crippen LogP contribution < -0.4 is 14.5 Å². The van der Waals surface area contributed by atoms with Crippen molar-refractivity contribution in [2.24, 2.45) is 0 Å². The molecular formula is C21H27N2O4S+. The molecule has 1 amide bonds. The van der Waals surface area contributed by atoms with Gasteiger partial charge >= 0.3 is 0 Å². The number of amides is 1. The van der Waals surface area contributed by atoms with E-state index >= 15 is 0 Å². The van der Waals surface area contributed by atoms with Gasteiger partial charge in [0.25, 0.3) is 5.91 Å². The summed E-state index contributed by atoms with van der Waals surface area (Å²) >= 11 is 0. The third-order valence-electron chi connectivity index (χ3n) is 4.99. The van der Waals surface area contributed by atoms with E-state index in [4.69, 9.17) is 4.74 Å². The van der Waals surface area contributed by atoms with Crippen LogP contribution in [0.5, 0.6) is 5.75 Å².